The van der Waals surface area contributed by atoms with E-state index >= 15 is 0 Å². The number of rotatable bonds is 8. The molecule has 2 fully saturated rings. The van der Waals surface area contributed by atoms with E-state index in [0.717, 1.165) is 27.9 Å². The zero-order valence-electron chi connectivity index (χ0n) is 15.6. The SMILES string of the molecule is CC(C)CNc1nnc(SC(C)C(=O)NC(C)C2CC3CCC2C3)s1. The molecule has 0 aromatic carbocycles. The summed E-state index contributed by atoms with van der Waals surface area (Å²) < 4.78 is 0.849. The fourth-order valence-corrected chi connectivity index (χ4v) is 6.09. The molecule has 1 heterocycles. The van der Waals surface area contributed by atoms with E-state index < -0.39 is 0 Å². The molecule has 7 heteroatoms. The first kappa shape index (κ1) is 19.0. The molecule has 5 nitrogen and oxygen atoms in total. The summed E-state index contributed by atoms with van der Waals surface area (Å²) in [4.78, 5) is 12.6. The van der Waals surface area contributed by atoms with Crippen molar-refractivity contribution in [3.8, 4) is 0 Å². The standard InChI is InChI=1S/C18H30N4OS2/c1-10(2)9-19-17-21-22-18(25-17)24-12(4)16(23)20-11(3)15-8-13-5-6-14(15)7-13/h10-15H,5-9H2,1-4H3,(H,19,21)(H,20,23). The lowest BCUT2D eigenvalue weighted by Crippen LogP contribution is -2.43. The van der Waals surface area contributed by atoms with Crippen molar-refractivity contribution in [2.24, 2.45) is 23.7 Å². The molecule has 140 valence electrons. The largest absolute Gasteiger partial charge is 0.360 e. The van der Waals surface area contributed by atoms with Crippen LogP contribution < -0.4 is 10.6 Å². The summed E-state index contributed by atoms with van der Waals surface area (Å²) in [7, 11) is 0. The van der Waals surface area contributed by atoms with Gasteiger partial charge in [0.1, 0.15) is 0 Å². The number of carbonyl (C=O) groups excluding carboxylic acids is 1. The Morgan fingerprint density at radius 1 is 1.24 bits per heavy atom. The molecule has 0 spiro atoms. The molecule has 1 aromatic rings. The summed E-state index contributed by atoms with van der Waals surface area (Å²) in [5.41, 5.74) is 0. The zero-order valence-corrected chi connectivity index (χ0v) is 17.3. The Balaban J connectivity index is 1.46. The summed E-state index contributed by atoms with van der Waals surface area (Å²) in [6, 6.07) is 0.281. The molecule has 1 aromatic heterocycles. The number of anilines is 1. The molecule has 0 saturated heterocycles. The molecular weight excluding hydrogens is 352 g/mol. The molecule has 2 aliphatic rings. The van der Waals surface area contributed by atoms with E-state index in [9.17, 15) is 4.79 Å². The molecule has 5 atom stereocenters. The van der Waals surface area contributed by atoms with Gasteiger partial charge in [-0.15, -0.1) is 10.2 Å². The Labute approximate surface area is 159 Å². The summed E-state index contributed by atoms with van der Waals surface area (Å²) in [6.07, 6.45) is 5.44. The van der Waals surface area contributed by atoms with Crippen LogP contribution in [0.2, 0.25) is 0 Å². The van der Waals surface area contributed by atoms with Crippen LogP contribution in [0.4, 0.5) is 5.13 Å². The van der Waals surface area contributed by atoms with E-state index in [1.165, 1.54) is 48.8 Å². The first-order valence-corrected chi connectivity index (χ1v) is 11.2. The molecule has 2 bridgehead atoms. The third-order valence-corrected chi connectivity index (χ3v) is 7.58. The maximum absolute atomic E-state index is 12.6. The Morgan fingerprint density at radius 3 is 2.68 bits per heavy atom. The molecule has 0 aliphatic heterocycles. The molecule has 0 radical (unpaired) electrons. The molecule has 3 rings (SSSR count). The van der Waals surface area contributed by atoms with Gasteiger partial charge in [-0.3, -0.25) is 4.79 Å². The van der Waals surface area contributed by atoms with Gasteiger partial charge in [0.15, 0.2) is 4.34 Å². The average Bonchev–Trinajstić information content (AvgIpc) is 3.29. The summed E-state index contributed by atoms with van der Waals surface area (Å²) >= 11 is 3.02. The number of aromatic nitrogens is 2. The highest BCUT2D eigenvalue weighted by molar-refractivity contribution is 8.02. The van der Waals surface area contributed by atoms with Crippen molar-refractivity contribution in [3.63, 3.8) is 0 Å². The normalized spacial score (nSPS) is 27.5. The Bertz CT molecular complexity index is 591. The van der Waals surface area contributed by atoms with E-state index in [-0.39, 0.29) is 17.2 Å². The maximum Gasteiger partial charge on any atom is 0.233 e. The third kappa shape index (κ3) is 4.88. The zero-order chi connectivity index (χ0) is 18.0. The summed E-state index contributed by atoms with van der Waals surface area (Å²) in [5.74, 6) is 3.11. The van der Waals surface area contributed by atoms with E-state index in [1.54, 1.807) is 0 Å². The van der Waals surface area contributed by atoms with Crippen LogP contribution in [0.15, 0.2) is 4.34 Å². The van der Waals surface area contributed by atoms with Gasteiger partial charge in [0.25, 0.3) is 0 Å². The molecule has 1 amide bonds. The van der Waals surface area contributed by atoms with Crippen LogP contribution in [0.25, 0.3) is 0 Å². The lowest BCUT2D eigenvalue weighted by atomic mass is 9.84. The number of carbonyl (C=O) groups is 1. The molecule has 25 heavy (non-hydrogen) atoms. The fraction of sp³-hybridized carbons (Fsp3) is 0.833. The first-order valence-electron chi connectivity index (χ1n) is 9.46. The van der Waals surface area contributed by atoms with Gasteiger partial charge in [0.2, 0.25) is 11.0 Å². The van der Waals surface area contributed by atoms with Crippen molar-refractivity contribution < 1.29 is 4.79 Å². The lowest BCUT2D eigenvalue weighted by molar-refractivity contribution is -0.121. The van der Waals surface area contributed by atoms with Gasteiger partial charge in [-0.25, -0.2) is 0 Å². The van der Waals surface area contributed by atoms with Crippen molar-refractivity contribution >= 4 is 34.1 Å². The monoisotopic (exact) mass is 382 g/mol. The van der Waals surface area contributed by atoms with Gasteiger partial charge >= 0.3 is 0 Å². The predicted octanol–water partition coefficient (Wildman–Crippen LogP) is 4.03. The molecule has 2 saturated carbocycles. The second kappa shape index (κ2) is 8.25. The highest BCUT2D eigenvalue weighted by Gasteiger charge is 2.42. The van der Waals surface area contributed by atoms with Gasteiger partial charge in [-0.05, 0) is 56.8 Å². The minimum atomic E-state index is -0.146. The van der Waals surface area contributed by atoms with Gasteiger partial charge in [-0.1, -0.05) is 43.4 Å². The van der Waals surface area contributed by atoms with E-state index in [4.69, 9.17) is 0 Å². The number of fused-ring (bicyclic) bond motifs is 2. The van der Waals surface area contributed by atoms with Crippen molar-refractivity contribution in [1.82, 2.24) is 15.5 Å². The van der Waals surface area contributed by atoms with Gasteiger partial charge < -0.3 is 10.6 Å². The van der Waals surface area contributed by atoms with E-state index in [1.807, 2.05) is 6.92 Å². The van der Waals surface area contributed by atoms with Crippen LogP contribution in [0.3, 0.4) is 0 Å². The van der Waals surface area contributed by atoms with Crippen LogP contribution in [0, 0.1) is 23.7 Å². The number of hydrogen-bond acceptors (Lipinski definition) is 6. The molecule has 2 aliphatic carbocycles. The minimum absolute atomic E-state index is 0.118. The smallest absolute Gasteiger partial charge is 0.233 e. The van der Waals surface area contributed by atoms with E-state index in [2.05, 4.69) is 41.6 Å². The van der Waals surface area contributed by atoms with Crippen molar-refractivity contribution in [2.75, 3.05) is 11.9 Å². The average molecular weight is 383 g/mol. The highest BCUT2D eigenvalue weighted by atomic mass is 32.2. The second-order valence-corrected chi connectivity index (χ2v) is 10.6. The fourth-order valence-electron chi connectivity index (χ4n) is 4.18. The van der Waals surface area contributed by atoms with Crippen LogP contribution in [-0.2, 0) is 4.79 Å². The summed E-state index contributed by atoms with van der Waals surface area (Å²) in [5, 5.41) is 15.6. The number of nitrogens with zero attached hydrogens (tertiary/aromatic N) is 2. The topological polar surface area (TPSA) is 66.9 Å². The van der Waals surface area contributed by atoms with Gasteiger partial charge in [0.05, 0.1) is 5.25 Å². The van der Waals surface area contributed by atoms with Gasteiger partial charge in [-0.2, -0.15) is 0 Å². The van der Waals surface area contributed by atoms with Crippen molar-refractivity contribution in [1.29, 1.82) is 0 Å². The maximum atomic E-state index is 12.6. The van der Waals surface area contributed by atoms with E-state index in [0.29, 0.717) is 11.8 Å². The number of hydrogen-bond donors (Lipinski definition) is 2. The third-order valence-electron chi connectivity index (χ3n) is 5.52. The predicted molar refractivity (Wildman–Crippen MR) is 105 cm³/mol. The quantitative estimate of drug-likeness (QED) is 0.665. The Morgan fingerprint density at radius 2 is 2.04 bits per heavy atom. The Kier molecular flexibility index (Phi) is 6.25. The summed E-state index contributed by atoms with van der Waals surface area (Å²) in [6.45, 7) is 9.34. The first-order chi connectivity index (χ1) is 11.9. The highest BCUT2D eigenvalue weighted by Crippen LogP contribution is 2.49. The van der Waals surface area contributed by atoms with Crippen LogP contribution in [-0.4, -0.2) is 33.9 Å². The lowest BCUT2D eigenvalue weighted by Gasteiger charge is -2.29. The molecule has 2 N–H and O–H groups in total. The minimum Gasteiger partial charge on any atom is -0.360 e. The van der Waals surface area contributed by atoms with Crippen LogP contribution in [0.1, 0.15) is 53.4 Å². The van der Waals surface area contributed by atoms with Crippen LogP contribution in [0.5, 0.6) is 0 Å². The Hall–Kier alpha value is -0.820. The number of thioether (sulfide) groups is 1. The van der Waals surface area contributed by atoms with Crippen molar-refractivity contribution in [3.05, 3.63) is 0 Å². The molecule has 5 unspecified atom stereocenters. The van der Waals surface area contributed by atoms with Crippen LogP contribution >= 0.6 is 23.1 Å². The van der Waals surface area contributed by atoms with Gasteiger partial charge in [0, 0.05) is 12.6 Å². The molecular formula is C18H30N4OS2. The number of nitrogens with one attached hydrogen (secondary N) is 2. The van der Waals surface area contributed by atoms with Crippen molar-refractivity contribution in [2.45, 2.75) is 69.0 Å². The second-order valence-electron chi connectivity index (χ2n) is 8.04. The number of amides is 1.